The van der Waals surface area contributed by atoms with Crippen molar-refractivity contribution in [3.8, 4) is 6.07 Å². The molecule has 0 fully saturated rings. The molecule has 1 atom stereocenters. The summed E-state index contributed by atoms with van der Waals surface area (Å²) in [4.78, 5) is 25.0. The minimum absolute atomic E-state index is 0.0302. The Balaban J connectivity index is 1.74. The molecule has 0 heterocycles. The third kappa shape index (κ3) is 5.81. The molecule has 0 radical (unpaired) electrons. The molecule has 0 aromatic heterocycles. The van der Waals surface area contributed by atoms with Gasteiger partial charge in [-0.3, -0.25) is 9.59 Å². The standard InChI is InChI=1S/C25H20ClN3O2/c1-17(19-9-3-2-4-10-19)28-24(30)20(16-27)14-18-8-7-11-21(15-18)29-25(31)22-12-5-6-13-23(22)26/h2-15,17H,1H3,(H,28,30)(H,29,31)/b20-14+. The van der Waals surface area contributed by atoms with E-state index >= 15 is 0 Å². The van der Waals surface area contributed by atoms with E-state index in [0.29, 0.717) is 21.8 Å². The molecule has 31 heavy (non-hydrogen) atoms. The number of halogens is 1. The van der Waals surface area contributed by atoms with Gasteiger partial charge in [-0.05, 0) is 48.4 Å². The Bertz CT molecular complexity index is 1170. The minimum Gasteiger partial charge on any atom is -0.345 e. The van der Waals surface area contributed by atoms with Crippen molar-refractivity contribution in [3.63, 3.8) is 0 Å². The van der Waals surface area contributed by atoms with Crippen molar-refractivity contribution < 1.29 is 9.59 Å². The zero-order valence-corrected chi connectivity index (χ0v) is 17.6. The average molecular weight is 430 g/mol. The molecule has 3 aromatic rings. The normalized spacial score (nSPS) is 11.8. The van der Waals surface area contributed by atoms with E-state index in [2.05, 4.69) is 10.6 Å². The van der Waals surface area contributed by atoms with E-state index in [1.165, 1.54) is 6.08 Å². The van der Waals surface area contributed by atoms with Crippen LogP contribution in [0.5, 0.6) is 0 Å². The lowest BCUT2D eigenvalue weighted by Crippen LogP contribution is -2.27. The number of nitrogens with one attached hydrogen (secondary N) is 2. The van der Waals surface area contributed by atoms with E-state index in [1.54, 1.807) is 48.5 Å². The maximum atomic E-state index is 12.6. The van der Waals surface area contributed by atoms with E-state index < -0.39 is 5.91 Å². The SMILES string of the molecule is CC(NC(=O)/C(C#N)=C/c1cccc(NC(=O)c2ccccc2Cl)c1)c1ccccc1. The number of carbonyl (C=O) groups excluding carboxylic acids is 2. The summed E-state index contributed by atoms with van der Waals surface area (Å²) in [5.41, 5.74) is 2.40. The lowest BCUT2D eigenvalue weighted by Gasteiger charge is -2.13. The highest BCUT2D eigenvalue weighted by molar-refractivity contribution is 6.34. The summed E-state index contributed by atoms with van der Waals surface area (Å²) in [5, 5.41) is 15.4. The summed E-state index contributed by atoms with van der Waals surface area (Å²) in [7, 11) is 0. The van der Waals surface area contributed by atoms with Crippen LogP contribution in [0.25, 0.3) is 6.08 Å². The second-order valence-corrected chi connectivity index (χ2v) is 7.24. The Morgan fingerprint density at radius 2 is 1.71 bits per heavy atom. The van der Waals surface area contributed by atoms with Gasteiger partial charge in [0.2, 0.25) is 0 Å². The lowest BCUT2D eigenvalue weighted by atomic mass is 10.1. The first kappa shape index (κ1) is 21.8. The van der Waals surface area contributed by atoms with E-state index in [4.69, 9.17) is 11.6 Å². The topological polar surface area (TPSA) is 82.0 Å². The van der Waals surface area contributed by atoms with Crippen molar-refractivity contribution in [1.82, 2.24) is 5.32 Å². The zero-order chi connectivity index (χ0) is 22.2. The molecule has 2 N–H and O–H groups in total. The average Bonchev–Trinajstić information content (AvgIpc) is 2.78. The molecule has 2 amide bonds. The van der Waals surface area contributed by atoms with Crippen molar-refractivity contribution in [2.45, 2.75) is 13.0 Å². The number of amides is 2. The Hall–Kier alpha value is -3.88. The summed E-state index contributed by atoms with van der Waals surface area (Å²) >= 11 is 6.07. The predicted molar refractivity (Wildman–Crippen MR) is 122 cm³/mol. The van der Waals surface area contributed by atoms with Gasteiger partial charge in [0.1, 0.15) is 11.6 Å². The van der Waals surface area contributed by atoms with Crippen LogP contribution in [-0.2, 0) is 4.79 Å². The summed E-state index contributed by atoms with van der Waals surface area (Å²) in [6.07, 6.45) is 1.48. The number of benzene rings is 3. The van der Waals surface area contributed by atoms with Crippen LogP contribution in [0.2, 0.25) is 5.02 Å². The van der Waals surface area contributed by atoms with Crippen LogP contribution in [0.1, 0.15) is 34.5 Å². The lowest BCUT2D eigenvalue weighted by molar-refractivity contribution is -0.117. The number of nitriles is 1. The van der Waals surface area contributed by atoms with E-state index in [-0.39, 0.29) is 17.5 Å². The molecule has 154 valence electrons. The third-order valence-corrected chi connectivity index (χ3v) is 4.92. The summed E-state index contributed by atoms with van der Waals surface area (Å²) < 4.78 is 0. The monoisotopic (exact) mass is 429 g/mol. The molecule has 0 spiro atoms. The summed E-state index contributed by atoms with van der Waals surface area (Å²) in [6, 6.07) is 24.8. The highest BCUT2D eigenvalue weighted by Crippen LogP contribution is 2.19. The quantitative estimate of drug-likeness (QED) is 0.408. The number of hydrogen-bond acceptors (Lipinski definition) is 3. The van der Waals surface area contributed by atoms with E-state index in [9.17, 15) is 14.9 Å². The van der Waals surface area contributed by atoms with Crippen molar-refractivity contribution in [2.75, 3.05) is 5.32 Å². The van der Waals surface area contributed by atoms with Crippen molar-refractivity contribution in [2.24, 2.45) is 0 Å². The van der Waals surface area contributed by atoms with Crippen LogP contribution in [-0.4, -0.2) is 11.8 Å². The fourth-order valence-electron chi connectivity index (χ4n) is 2.96. The fraction of sp³-hybridized carbons (Fsp3) is 0.0800. The molecule has 0 aliphatic rings. The molecular weight excluding hydrogens is 410 g/mol. The number of rotatable bonds is 6. The van der Waals surface area contributed by atoms with Gasteiger partial charge >= 0.3 is 0 Å². The van der Waals surface area contributed by atoms with Gasteiger partial charge < -0.3 is 10.6 Å². The largest absolute Gasteiger partial charge is 0.345 e. The molecule has 0 aliphatic heterocycles. The number of carbonyl (C=O) groups is 2. The van der Waals surface area contributed by atoms with Gasteiger partial charge in [0, 0.05) is 5.69 Å². The van der Waals surface area contributed by atoms with Crippen molar-refractivity contribution in [3.05, 3.63) is 106 Å². The second-order valence-electron chi connectivity index (χ2n) is 6.84. The van der Waals surface area contributed by atoms with Crippen LogP contribution in [0, 0.1) is 11.3 Å². The van der Waals surface area contributed by atoms with Crippen LogP contribution in [0.15, 0.2) is 84.4 Å². The Kier molecular flexibility index (Phi) is 7.21. The first-order valence-corrected chi connectivity index (χ1v) is 9.99. The molecule has 3 aromatic carbocycles. The Morgan fingerprint density at radius 3 is 2.42 bits per heavy atom. The van der Waals surface area contributed by atoms with Crippen molar-refractivity contribution >= 4 is 35.2 Å². The smallest absolute Gasteiger partial charge is 0.262 e. The van der Waals surface area contributed by atoms with Gasteiger partial charge in [0.05, 0.1) is 16.6 Å². The fourth-order valence-corrected chi connectivity index (χ4v) is 3.19. The first-order valence-electron chi connectivity index (χ1n) is 9.61. The van der Waals surface area contributed by atoms with E-state index in [1.807, 2.05) is 43.3 Å². The van der Waals surface area contributed by atoms with Crippen LogP contribution >= 0.6 is 11.6 Å². The molecule has 0 saturated heterocycles. The molecule has 5 nitrogen and oxygen atoms in total. The number of nitrogens with zero attached hydrogens (tertiary/aromatic N) is 1. The molecular formula is C25H20ClN3O2. The minimum atomic E-state index is -0.468. The van der Waals surface area contributed by atoms with E-state index in [0.717, 1.165) is 5.56 Å². The molecule has 3 rings (SSSR count). The molecule has 1 unspecified atom stereocenters. The summed E-state index contributed by atoms with van der Waals surface area (Å²) in [5.74, 6) is -0.814. The van der Waals surface area contributed by atoms with Crippen LogP contribution in [0.4, 0.5) is 5.69 Å². The van der Waals surface area contributed by atoms with Gasteiger partial charge in [-0.2, -0.15) is 5.26 Å². The van der Waals surface area contributed by atoms with Crippen LogP contribution < -0.4 is 10.6 Å². The van der Waals surface area contributed by atoms with Gasteiger partial charge in [-0.1, -0.05) is 66.2 Å². The van der Waals surface area contributed by atoms with Gasteiger partial charge in [-0.25, -0.2) is 0 Å². The van der Waals surface area contributed by atoms with Gasteiger partial charge in [-0.15, -0.1) is 0 Å². The van der Waals surface area contributed by atoms with Gasteiger partial charge in [0.25, 0.3) is 11.8 Å². The summed E-state index contributed by atoms with van der Waals surface area (Å²) in [6.45, 7) is 1.85. The predicted octanol–water partition coefficient (Wildman–Crippen LogP) is 5.38. The third-order valence-electron chi connectivity index (χ3n) is 4.59. The van der Waals surface area contributed by atoms with Gasteiger partial charge in [0.15, 0.2) is 0 Å². The maximum Gasteiger partial charge on any atom is 0.262 e. The molecule has 0 bridgehead atoms. The Labute approximate surface area is 186 Å². The number of hydrogen-bond donors (Lipinski definition) is 2. The Morgan fingerprint density at radius 1 is 1.00 bits per heavy atom. The first-order chi connectivity index (χ1) is 15.0. The molecule has 6 heteroatoms. The highest BCUT2D eigenvalue weighted by Gasteiger charge is 2.14. The maximum absolute atomic E-state index is 12.6. The zero-order valence-electron chi connectivity index (χ0n) is 16.8. The molecule has 0 saturated carbocycles. The second kappa shape index (κ2) is 10.2. The van der Waals surface area contributed by atoms with Crippen LogP contribution in [0.3, 0.4) is 0 Å². The molecule has 0 aliphatic carbocycles. The highest BCUT2D eigenvalue weighted by atomic mass is 35.5. The number of anilines is 1. The van der Waals surface area contributed by atoms with Crippen molar-refractivity contribution in [1.29, 1.82) is 5.26 Å².